The number of hydrogen-bond donors (Lipinski definition) is 1. The first-order valence-electron chi connectivity index (χ1n) is 4.01. The Kier molecular flexibility index (Phi) is 2.44. The second kappa shape index (κ2) is 3.59. The molecule has 1 N–H and O–H groups in total. The van der Waals surface area contributed by atoms with E-state index in [-0.39, 0.29) is 11.6 Å². The molecule has 1 heterocycles. The molecule has 0 saturated heterocycles. The van der Waals surface area contributed by atoms with Crippen LogP contribution in [0, 0.1) is 0 Å². The van der Waals surface area contributed by atoms with Crippen molar-refractivity contribution in [3.05, 3.63) is 28.6 Å². The number of benzene rings is 1. The molecule has 0 atom stereocenters. The lowest BCUT2D eigenvalue weighted by molar-refractivity contribution is 0.112. The van der Waals surface area contributed by atoms with E-state index in [1.807, 2.05) is 12.1 Å². The van der Waals surface area contributed by atoms with Crippen LogP contribution in [0.1, 0.15) is 15.9 Å². The molecule has 0 aliphatic rings. The molecular formula is C10H7ClO2S. The van der Waals surface area contributed by atoms with E-state index in [1.54, 1.807) is 5.38 Å². The maximum atomic E-state index is 10.9. The minimum Gasteiger partial charge on any atom is -0.506 e. The van der Waals surface area contributed by atoms with Gasteiger partial charge in [-0.15, -0.1) is 22.9 Å². The van der Waals surface area contributed by atoms with E-state index in [0.717, 1.165) is 16.5 Å². The van der Waals surface area contributed by atoms with Crippen LogP contribution in [-0.4, -0.2) is 11.4 Å². The molecule has 0 unspecified atom stereocenters. The minimum absolute atomic E-state index is 0.152. The Hall–Kier alpha value is -1.06. The summed E-state index contributed by atoms with van der Waals surface area (Å²) in [4.78, 5) is 10.9. The highest BCUT2D eigenvalue weighted by Gasteiger charge is 2.11. The van der Waals surface area contributed by atoms with Crippen LogP contribution >= 0.6 is 22.9 Å². The van der Waals surface area contributed by atoms with E-state index in [1.165, 1.54) is 11.3 Å². The van der Waals surface area contributed by atoms with Gasteiger partial charge in [-0.3, -0.25) is 4.79 Å². The van der Waals surface area contributed by atoms with Gasteiger partial charge in [0.1, 0.15) is 5.75 Å². The third kappa shape index (κ3) is 1.29. The topological polar surface area (TPSA) is 37.3 Å². The Bertz CT molecular complexity index is 490. The molecule has 2 aromatic rings. The Labute approximate surface area is 89.7 Å². The van der Waals surface area contributed by atoms with E-state index in [4.69, 9.17) is 11.6 Å². The zero-order valence-electron chi connectivity index (χ0n) is 7.16. The smallest absolute Gasteiger partial charge is 0.151 e. The number of aldehydes is 1. The maximum absolute atomic E-state index is 10.9. The van der Waals surface area contributed by atoms with E-state index in [2.05, 4.69) is 0 Å². The average Bonchev–Trinajstić information content (AvgIpc) is 2.59. The van der Waals surface area contributed by atoms with Crippen molar-refractivity contribution in [3.8, 4) is 5.75 Å². The molecule has 0 saturated carbocycles. The zero-order chi connectivity index (χ0) is 10.1. The number of rotatable bonds is 2. The molecule has 0 bridgehead atoms. The molecule has 72 valence electrons. The highest BCUT2D eigenvalue weighted by molar-refractivity contribution is 7.17. The molecule has 2 nitrogen and oxygen atoms in total. The van der Waals surface area contributed by atoms with Gasteiger partial charge in [0.25, 0.3) is 0 Å². The molecule has 0 amide bonds. The van der Waals surface area contributed by atoms with Crippen LogP contribution in [-0.2, 0) is 5.88 Å². The molecule has 0 aliphatic carbocycles. The number of halogens is 1. The fraction of sp³-hybridized carbons (Fsp3) is 0.100. The number of thiophene rings is 1. The van der Waals surface area contributed by atoms with Crippen LogP contribution in [0.5, 0.6) is 5.75 Å². The summed E-state index contributed by atoms with van der Waals surface area (Å²) in [6.45, 7) is 0. The lowest BCUT2D eigenvalue weighted by atomic mass is 10.1. The van der Waals surface area contributed by atoms with Crippen molar-refractivity contribution in [2.75, 3.05) is 0 Å². The van der Waals surface area contributed by atoms with E-state index in [0.29, 0.717) is 10.9 Å². The van der Waals surface area contributed by atoms with E-state index >= 15 is 0 Å². The maximum Gasteiger partial charge on any atom is 0.151 e. The van der Waals surface area contributed by atoms with Crippen LogP contribution in [0.25, 0.3) is 10.1 Å². The van der Waals surface area contributed by atoms with Gasteiger partial charge in [-0.1, -0.05) is 6.07 Å². The van der Waals surface area contributed by atoms with Gasteiger partial charge in [0, 0.05) is 26.9 Å². The number of fused-ring (bicyclic) bond motifs is 1. The lowest BCUT2D eigenvalue weighted by Gasteiger charge is -2.02. The van der Waals surface area contributed by atoms with Crippen molar-refractivity contribution in [1.82, 2.24) is 0 Å². The SMILES string of the molecule is O=Cc1c(CCl)ccc2scc(O)c12. The first kappa shape index (κ1) is 9.49. The van der Waals surface area contributed by atoms with E-state index < -0.39 is 0 Å². The summed E-state index contributed by atoms with van der Waals surface area (Å²) < 4.78 is 0.901. The second-order valence-electron chi connectivity index (χ2n) is 2.88. The molecule has 0 spiro atoms. The summed E-state index contributed by atoms with van der Waals surface area (Å²) in [5.41, 5.74) is 1.25. The van der Waals surface area contributed by atoms with Gasteiger partial charge >= 0.3 is 0 Å². The number of hydrogen-bond acceptors (Lipinski definition) is 3. The summed E-state index contributed by atoms with van der Waals surface area (Å²) in [6.07, 6.45) is 0.743. The third-order valence-electron chi connectivity index (χ3n) is 2.11. The van der Waals surface area contributed by atoms with Gasteiger partial charge in [-0.2, -0.15) is 0 Å². The van der Waals surface area contributed by atoms with Crippen LogP contribution in [0.3, 0.4) is 0 Å². The van der Waals surface area contributed by atoms with Gasteiger partial charge in [-0.05, 0) is 11.6 Å². The predicted molar refractivity (Wildman–Crippen MR) is 58.4 cm³/mol. The molecule has 1 aromatic carbocycles. The second-order valence-corrected chi connectivity index (χ2v) is 4.06. The number of alkyl halides is 1. The molecular weight excluding hydrogens is 220 g/mol. The predicted octanol–water partition coefficient (Wildman–Crippen LogP) is 3.16. The molecule has 2 rings (SSSR count). The van der Waals surface area contributed by atoms with Crippen molar-refractivity contribution in [3.63, 3.8) is 0 Å². The number of carbonyl (C=O) groups is 1. The van der Waals surface area contributed by atoms with Gasteiger partial charge < -0.3 is 5.11 Å². The summed E-state index contributed by atoms with van der Waals surface area (Å²) in [6, 6.07) is 3.68. The van der Waals surface area contributed by atoms with Crippen LogP contribution in [0.4, 0.5) is 0 Å². The Morgan fingerprint density at radius 3 is 2.93 bits per heavy atom. The normalized spacial score (nSPS) is 10.6. The fourth-order valence-electron chi connectivity index (χ4n) is 1.43. The zero-order valence-corrected chi connectivity index (χ0v) is 8.73. The summed E-state index contributed by atoms with van der Waals surface area (Å²) in [5.74, 6) is 0.429. The molecule has 1 aromatic heterocycles. The van der Waals surface area contributed by atoms with Gasteiger partial charge in [-0.25, -0.2) is 0 Å². The van der Waals surface area contributed by atoms with Crippen LogP contribution < -0.4 is 0 Å². The fourth-order valence-corrected chi connectivity index (χ4v) is 2.50. The van der Waals surface area contributed by atoms with Crippen molar-refractivity contribution >= 4 is 39.3 Å². The summed E-state index contributed by atoms with van der Waals surface area (Å²) in [5, 5.41) is 11.8. The highest BCUT2D eigenvalue weighted by atomic mass is 35.5. The monoisotopic (exact) mass is 226 g/mol. The minimum atomic E-state index is 0.152. The van der Waals surface area contributed by atoms with Crippen molar-refractivity contribution in [2.24, 2.45) is 0 Å². The lowest BCUT2D eigenvalue weighted by Crippen LogP contribution is -1.89. The number of aromatic hydroxyl groups is 1. The summed E-state index contributed by atoms with van der Waals surface area (Å²) >= 11 is 7.10. The van der Waals surface area contributed by atoms with Gasteiger partial charge in [0.2, 0.25) is 0 Å². The first-order valence-corrected chi connectivity index (χ1v) is 5.42. The molecule has 0 fully saturated rings. The van der Waals surface area contributed by atoms with Crippen LogP contribution in [0.15, 0.2) is 17.5 Å². The van der Waals surface area contributed by atoms with Gasteiger partial charge in [0.05, 0.1) is 0 Å². The van der Waals surface area contributed by atoms with Crippen molar-refractivity contribution < 1.29 is 9.90 Å². The van der Waals surface area contributed by atoms with Crippen molar-refractivity contribution in [2.45, 2.75) is 5.88 Å². The van der Waals surface area contributed by atoms with Gasteiger partial charge in [0.15, 0.2) is 6.29 Å². The molecule has 4 heteroatoms. The quantitative estimate of drug-likeness (QED) is 0.631. The first-order chi connectivity index (χ1) is 6.77. The molecule has 0 aliphatic heterocycles. The Balaban J connectivity index is 2.87. The Morgan fingerprint density at radius 2 is 2.29 bits per heavy atom. The third-order valence-corrected chi connectivity index (χ3v) is 3.34. The summed E-state index contributed by atoms with van der Waals surface area (Å²) in [7, 11) is 0. The average molecular weight is 227 g/mol. The van der Waals surface area contributed by atoms with E-state index in [9.17, 15) is 9.90 Å². The van der Waals surface area contributed by atoms with Crippen molar-refractivity contribution in [1.29, 1.82) is 0 Å². The largest absolute Gasteiger partial charge is 0.506 e. The van der Waals surface area contributed by atoms with Crippen LogP contribution in [0.2, 0.25) is 0 Å². The highest BCUT2D eigenvalue weighted by Crippen LogP contribution is 2.35. The standard InChI is InChI=1S/C10H7ClO2S/c11-3-6-1-2-9-10(7(6)4-12)8(13)5-14-9/h1-2,4-5,13H,3H2. The molecule has 0 radical (unpaired) electrons. The molecule has 14 heavy (non-hydrogen) atoms. The Morgan fingerprint density at radius 1 is 1.50 bits per heavy atom. The number of carbonyl (C=O) groups excluding carboxylic acids is 1.